The molecule has 0 saturated carbocycles. The Balaban J connectivity index is 1.68. The topological polar surface area (TPSA) is 44.5 Å². The standard InChI is InChI=1S/C17H14BrNO3/c1-20-15-7-5-12(6-8-15)17-19-14(11-22-17)10-21-16-4-2-3-13(18)9-16/h2-9,11H,10H2,1H3. The number of ether oxygens (including phenoxy) is 2. The Hall–Kier alpha value is -2.27. The molecule has 0 radical (unpaired) electrons. The Kier molecular flexibility index (Phi) is 4.44. The molecule has 0 aliphatic carbocycles. The molecule has 0 aliphatic rings. The quantitative estimate of drug-likeness (QED) is 0.662. The first-order valence-corrected chi connectivity index (χ1v) is 7.51. The second-order valence-electron chi connectivity index (χ2n) is 4.62. The van der Waals surface area contributed by atoms with Crippen molar-refractivity contribution in [3.63, 3.8) is 0 Å². The summed E-state index contributed by atoms with van der Waals surface area (Å²) in [5.41, 5.74) is 1.64. The average Bonchev–Trinajstić information content (AvgIpc) is 3.02. The van der Waals surface area contributed by atoms with Crippen LogP contribution in [0.15, 0.2) is 63.7 Å². The number of aromatic nitrogens is 1. The van der Waals surface area contributed by atoms with Crippen molar-refractivity contribution in [1.82, 2.24) is 4.98 Å². The van der Waals surface area contributed by atoms with Gasteiger partial charge in [-0.3, -0.25) is 0 Å². The largest absolute Gasteiger partial charge is 0.497 e. The molecule has 0 fully saturated rings. The predicted octanol–water partition coefficient (Wildman–Crippen LogP) is 4.69. The molecule has 0 aliphatic heterocycles. The summed E-state index contributed by atoms with van der Waals surface area (Å²) in [4.78, 5) is 4.43. The fourth-order valence-electron chi connectivity index (χ4n) is 1.95. The van der Waals surface area contributed by atoms with Crippen LogP contribution in [0.2, 0.25) is 0 Å². The van der Waals surface area contributed by atoms with Crippen molar-refractivity contribution in [2.75, 3.05) is 7.11 Å². The van der Waals surface area contributed by atoms with Crippen molar-refractivity contribution in [1.29, 1.82) is 0 Å². The maximum Gasteiger partial charge on any atom is 0.226 e. The van der Waals surface area contributed by atoms with E-state index in [1.54, 1.807) is 13.4 Å². The van der Waals surface area contributed by atoms with Crippen LogP contribution < -0.4 is 9.47 Å². The predicted molar refractivity (Wildman–Crippen MR) is 87.0 cm³/mol. The molecule has 112 valence electrons. The van der Waals surface area contributed by atoms with E-state index in [0.717, 1.165) is 27.2 Å². The fraction of sp³-hybridized carbons (Fsp3) is 0.118. The first-order chi connectivity index (χ1) is 10.7. The highest BCUT2D eigenvalue weighted by atomic mass is 79.9. The minimum atomic E-state index is 0.357. The number of benzene rings is 2. The van der Waals surface area contributed by atoms with Crippen LogP contribution in [0.5, 0.6) is 11.5 Å². The van der Waals surface area contributed by atoms with Gasteiger partial charge in [-0.2, -0.15) is 0 Å². The molecule has 1 heterocycles. The molecule has 0 N–H and O–H groups in total. The van der Waals surface area contributed by atoms with Crippen LogP contribution >= 0.6 is 15.9 Å². The van der Waals surface area contributed by atoms with Crippen LogP contribution in [0.25, 0.3) is 11.5 Å². The van der Waals surface area contributed by atoms with Crippen molar-refractivity contribution in [2.24, 2.45) is 0 Å². The van der Waals surface area contributed by atoms with Crippen LogP contribution in [0.4, 0.5) is 0 Å². The lowest BCUT2D eigenvalue weighted by Crippen LogP contribution is -1.95. The Morgan fingerprint density at radius 3 is 2.64 bits per heavy atom. The third-order valence-electron chi connectivity index (χ3n) is 3.07. The van der Waals surface area contributed by atoms with Gasteiger partial charge in [-0.15, -0.1) is 0 Å². The maximum atomic E-state index is 5.69. The number of hydrogen-bond donors (Lipinski definition) is 0. The van der Waals surface area contributed by atoms with Crippen molar-refractivity contribution < 1.29 is 13.9 Å². The van der Waals surface area contributed by atoms with E-state index in [0.29, 0.717) is 12.5 Å². The molecular weight excluding hydrogens is 346 g/mol. The molecule has 0 bridgehead atoms. The van der Waals surface area contributed by atoms with Gasteiger partial charge in [0.1, 0.15) is 30.1 Å². The second kappa shape index (κ2) is 6.66. The zero-order valence-corrected chi connectivity index (χ0v) is 13.5. The third-order valence-corrected chi connectivity index (χ3v) is 3.56. The van der Waals surface area contributed by atoms with Gasteiger partial charge in [-0.05, 0) is 42.5 Å². The van der Waals surface area contributed by atoms with E-state index in [2.05, 4.69) is 20.9 Å². The van der Waals surface area contributed by atoms with Gasteiger partial charge in [-0.1, -0.05) is 22.0 Å². The number of methoxy groups -OCH3 is 1. The van der Waals surface area contributed by atoms with Crippen LogP contribution in [0, 0.1) is 0 Å². The Labute approximate surface area is 136 Å². The Bertz CT molecular complexity index is 753. The number of oxazole rings is 1. The smallest absolute Gasteiger partial charge is 0.226 e. The summed E-state index contributed by atoms with van der Waals surface area (Å²) in [7, 11) is 1.64. The number of nitrogens with zero attached hydrogens (tertiary/aromatic N) is 1. The Morgan fingerprint density at radius 2 is 1.91 bits per heavy atom. The van der Waals surface area contributed by atoms with Gasteiger partial charge in [0, 0.05) is 10.0 Å². The monoisotopic (exact) mass is 359 g/mol. The van der Waals surface area contributed by atoms with Crippen LogP contribution in [0.1, 0.15) is 5.69 Å². The summed E-state index contributed by atoms with van der Waals surface area (Å²) in [5.74, 6) is 2.15. The van der Waals surface area contributed by atoms with Gasteiger partial charge in [-0.25, -0.2) is 4.98 Å². The minimum absolute atomic E-state index is 0.357. The molecule has 3 rings (SSSR count). The summed E-state index contributed by atoms with van der Waals surface area (Å²) in [5, 5.41) is 0. The average molecular weight is 360 g/mol. The van der Waals surface area contributed by atoms with Gasteiger partial charge in [0.15, 0.2) is 0 Å². The lowest BCUT2D eigenvalue weighted by molar-refractivity contribution is 0.301. The molecule has 22 heavy (non-hydrogen) atoms. The maximum absolute atomic E-state index is 5.69. The molecule has 0 unspecified atom stereocenters. The van der Waals surface area contributed by atoms with E-state index in [1.807, 2.05) is 48.5 Å². The van der Waals surface area contributed by atoms with Gasteiger partial charge in [0.2, 0.25) is 5.89 Å². The van der Waals surface area contributed by atoms with Crippen molar-refractivity contribution in [3.05, 3.63) is 65.0 Å². The van der Waals surface area contributed by atoms with Crippen molar-refractivity contribution in [3.8, 4) is 23.0 Å². The summed E-state index contributed by atoms with van der Waals surface area (Å²) in [6.45, 7) is 0.357. The van der Waals surface area contributed by atoms with Gasteiger partial charge in [0.25, 0.3) is 0 Å². The second-order valence-corrected chi connectivity index (χ2v) is 5.53. The molecule has 0 atom stereocenters. The zero-order valence-electron chi connectivity index (χ0n) is 12.0. The highest BCUT2D eigenvalue weighted by Gasteiger charge is 2.07. The van der Waals surface area contributed by atoms with Crippen molar-refractivity contribution in [2.45, 2.75) is 6.61 Å². The molecule has 1 aromatic heterocycles. The SMILES string of the molecule is COc1ccc(-c2nc(COc3cccc(Br)c3)co2)cc1. The molecular formula is C17H14BrNO3. The first kappa shape index (κ1) is 14.7. The highest BCUT2D eigenvalue weighted by molar-refractivity contribution is 9.10. The normalized spacial score (nSPS) is 10.5. The van der Waals surface area contributed by atoms with Gasteiger partial charge < -0.3 is 13.9 Å². The summed E-state index contributed by atoms with van der Waals surface area (Å²) < 4.78 is 17.3. The summed E-state index contributed by atoms with van der Waals surface area (Å²) in [6.07, 6.45) is 1.61. The van der Waals surface area contributed by atoms with Crippen LogP contribution in [-0.4, -0.2) is 12.1 Å². The summed E-state index contributed by atoms with van der Waals surface area (Å²) >= 11 is 3.41. The zero-order chi connectivity index (χ0) is 15.4. The van der Waals surface area contributed by atoms with Crippen molar-refractivity contribution >= 4 is 15.9 Å². The van der Waals surface area contributed by atoms with Crippen LogP contribution in [-0.2, 0) is 6.61 Å². The molecule has 4 nitrogen and oxygen atoms in total. The number of halogens is 1. The molecule has 0 saturated heterocycles. The van der Waals surface area contributed by atoms with E-state index in [9.17, 15) is 0 Å². The van der Waals surface area contributed by atoms with E-state index in [-0.39, 0.29) is 0 Å². The minimum Gasteiger partial charge on any atom is -0.497 e. The van der Waals surface area contributed by atoms with E-state index < -0.39 is 0 Å². The number of rotatable bonds is 5. The molecule has 3 aromatic rings. The number of hydrogen-bond acceptors (Lipinski definition) is 4. The first-order valence-electron chi connectivity index (χ1n) is 6.72. The van der Waals surface area contributed by atoms with Crippen LogP contribution in [0.3, 0.4) is 0 Å². The fourth-order valence-corrected chi connectivity index (χ4v) is 2.33. The molecule has 0 amide bonds. The lowest BCUT2D eigenvalue weighted by atomic mass is 10.2. The molecule has 2 aromatic carbocycles. The lowest BCUT2D eigenvalue weighted by Gasteiger charge is -2.03. The van der Waals surface area contributed by atoms with E-state index in [4.69, 9.17) is 13.9 Å². The third kappa shape index (κ3) is 3.49. The summed E-state index contributed by atoms with van der Waals surface area (Å²) in [6, 6.07) is 15.2. The molecule has 0 spiro atoms. The van der Waals surface area contributed by atoms with E-state index in [1.165, 1.54) is 0 Å². The van der Waals surface area contributed by atoms with Gasteiger partial charge in [0.05, 0.1) is 7.11 Å². The van der Waals surface area contributed by atoms with Gasteiger partial charge >= 0.3 is 0 Å². The highest BCUT2D eigenvalue weighted by Crippen LogP contribution is 2.23. The van der Waals surface area contributed by atoms with E-state index >= 15 is 0 Å². The molecule has 5 heteroatoms. The Morgan fingerprint density at radius 1 is 1.09 bits per heavy atom.